The quantitative estimate of drug-likeness (QED) is 0.562. The molecule has 1 unspecified atom stereocenters. The lowest BCUT2D eigenvalue weighted by atomic mass is 9.98. The summed E-state index contributed by atoms with van der Waals surface area (Å²) in [6.45, 7) is 2.84. The molecule has 1 atom stereocenters. The van der Waals surface area contributed by atoms with Crippen molar-refractivity contribution >= 4 is 46.7 Å². The van der Waals surface area contributed by atoms with E-state index in [-0.39, 0.29) is 29.4 Å². The Morgan fingerprint density at radius 1 is 1.21 bits per heavy atom. The first-order chi connectivity index (χ1) is 11.4. The largest absolute Gasteiger partial charge is 0.482 e. The summed E-state index contributed by atoms with van der Waals surface area (Å²) in [7, 11) is 0. The van der Waals surface area contributed by atoms with Crippen molar-refractivity contribution in [3.05, 3.63) is 27.2 Å². The highest BCUT2D eigenvalue weighted by molar-refractivity contribution is 6.43. The van der Waals surface area contributed by atoms with E-state index >= 15 is 0 Å². The molecule has 1 amide bonds. The molecule has 0 radical (unpaired) electrons. The zero-order valence-electron chi connectivity index (χ0n) is 13.2. The summed E-state index contributed by atoms with van der Waals surface area (Å²) in [5.74, 6) is -0.468. The number of amides is 1. The van der Waals surface area contributed by atoms with Crippen molar-refractivity contribution in [2.75, 3.05) is 26.3 Å². The van der Waals surface area contributed by atoms with Crippen LogP contribution >= 0.6 is 34.8 Å². The molecule has 1 aliphatic rings. The van der Waals surface area contributed by atoms with E-state index in [2.05, 4.69) is 0 Å². The molecule has 1 aromatic rings. The summed E-state index contributed by atoms with van der Waals surface area (Å²) in [5.41, 5.74) is 0. The lowest BCUT2D eigenvalue weighted by Gasteiger charge is -2.31. The number of esters is 1. The Labute approximate surface area is 155 Å². The van der Waals surface area contributed by atoms with Crippen molar-refractivity contribution in [1.82, 2.24) is 4.90 Å². The molecule has 1 aromatic carbocycles. The minimum absolute atomic E-state index is 0.187. The number of hydrogen-bond acceptors (Lipinski definition) is 4. The van der Waals surface area contributed by atoms with Crippen LogP contribution in [0.25, 0.3) is 0 Å². The van der Waals surface area contributed by atoms with E-state index in [0.717, 1.165) is 12.8 Å². The smallest absolute Gasteiger partial charge is 0.310 e. The molecule has 0 N–H and O–H groups in total. The first-order valence-electron chi connectivity index (χ1n) is 7.64. The molecule has 8 heteroatoms. The fourth-order valence-electron chi connectivity index (χ4n) is 2.50. The van der Waals surface area contributed by atoms with Gasteiger partial charge in [0, 0.05) is 19.2 Å². The molecule has 0 saturated carbocycles. The second-order valence-electron chi connectivity index (χ2n) is 5.42. The van der Waals surface area contributed by atoms with Crippen molar-refractivity contribution in [3.8, 4) is 5.75 Å². The van der Waals surface area contributed by atoms with Crippen LogP contribution in [0.1, 0.15) is 19.8 Å². The Hall–Kier alpha value is -1.17. The lowest BCUT2D eigenvalue weighted by molar-refractivity contribution is -0.151. The van der Waals surface area contributed by atoms with Gasteiger partial charge in [-0.3, -0.25) is 9.59 Å². The molecule has 24 heavy (non-hydrogen) atoms. The van der Waals surface area contributed by atoms with Crippen LogP contribution in [0.3, 0.4) is 0 Å². The number of ether oxygens (including phenoxy) is 2. The lowest BCUT2D eigenvalue weighted by Crippen LogP contribution is -2.44. The Morgan fingerprint density at radius 2 is 1.92 bits per heavy atom. The van der Waals surface area contributed by atoms with E-state index in [0.29, 0.717) is 35.5 Å². The Bertz CT molecular complexity index is 624. The van der Waals surface area contributed by atoms with Crippen molar-refractivity contribution in [2.45, 2.75) is 19.8 Å². The fourth-order valence-corrected chi connectivity index (χ4v) is 3.09. The minimum Gasteiger partial charge on any atom is -0.482 e. The molecule has 1 saturated heterocycles. The molecule has 1 heterocycles. The summed E-state index contributed by atoms with van der Waals surface area (Å²) in [6, 6.07) is 2.93. The van der Waals surface area contributed by atoms with Crippen LogP contribution in [0.4, 0.5) is 0 Å². The fraction of sp³-hybridized carbons (Fsp3) is 0.500. The summed E-state index contributed by atoms with van der Waals surface area (Å²) in [5, 5.41) is 0.887. The third-order valence-corrected chi connectivity index (χ3v) is 4.74. The van der Waals surface area contributed by atoms with Crippen molar-refractivity contribution in [1.29, 1.82) is 0 Å². The second kappa shape index (κ2) is 8.79. The Morgan fingerprint density at radius 3 is 2.62 bits per heavy atom. The predicted octanol–water partition coefficient (Wildman–Crippen LogP) is 3.83. The Kier molecular flexibility index (Phi) is 7.02. The molecule has 132 valence electrons. The van der Waals surface area contributed by atoms with Gasteiger partial charge in [0.1, 0.15) is 5.75 Å². The minimum atomic E-state index is -0.281. The van der Waals surface area contributed by atoms with Gasteiger partial charge in [0.2, 0.25) is 0 Å². The van der Waals surface area contributed by atoms with E-state index in [9.17, 15) is 9.59 Å². The highest BCUT2D eigenvalue weighted by Crippen LogP contribution is 2.33. The number of piperidine rings is 1. The number of nitrogens with zero attached hydrogens (tertiary/aromatic N) is 1. The summed E-state index contributed by atoms with van der Waals surface area (Å²) < 4.78 is 10.5. The number of hydrogen-bond donors (Lipinski definition) is 0. The van der Waals surface area contributed by atoms with E-state index in [1.165, 1.54) is 12.1 Å². The average Bonchev–Trinajstić information content (AvgIpc) is 2.57. The van der Waals surface area contributed by atoms with E-state index in [1.54, 1.807) is 11.8 Å². The second-order valence-corrected chi connectivity index (χ2v) is 6.64. The molecule has 0 spiro atoms. The van der Waals surface area contributed by atoms with Gasteiger partial charge in [-0.1, -0.05) is 34.8 Å². The SMILES string of the molecule is CCOC(=O)C1CCCN(C(=O)COc2cc(Cl)c(Cl)cc2Cl)C1. The van der Waals surface area contributed by atoms with Gasteiger partial charge in [-0.25, -0.2) is 0 Å². The molecular formula is C16H18Cl3NO4. The zero-order valence-corrected chi connectivity index (χ0v) is 15.5. The first kappa shape index (κ1) is 19.2. The predicted molar refractivity (Wildman–Crippen MR) is 92.9 cm³/mol. The van der Waals surface area contributed by atoms with E-state index < -0.39 is 0 Å². The highest BCUT2D eigenvalue weighted by Gasteiger charge is 2.29. The van der Waals surface area contributed by atoms with Gasteiger partial charge in [0.15, 0.2) is 6.61 Å². The van der Waals surface area contributed by atoms with Crippen LogP contribution in [0.15, 0.2) is 12.1 Å². The van der Waals surface area contributed by atoms with Crippen LogP contribution in [0.2, 0.25) is 15.1 Å². The number of likely N-dealkylation sites (tertiary alicyclic amines) is 1. The van der Waals surface area contributed by atoms with Gasteiger partial charge in [-0.2, -0.15) is 0 Å². The topological polar surface area (TPSA) is 55.8 Å². The summed E-state index contributed by atoms with van der Waals surface area (Å²) in [6.07, 6.45) is 1.48. The third kappa shape index (κ3) is 4.91. The number of carbonyl (C=O) groups excluding carboxylic acids is 2. The van der Waals surface area contributed by atoms with Crippen LogP contribution in [-0.4, -0.2) is 43.1 Å². The van der Waals surface area contributed by atoms with Gasteiger partial charge in [-0.05, 0) is 25.8 Å². The van der Waals surface area contributed by atoms with Gasteiger partial charge in [-0.15, -0.1) is 0 Å². The van der Waals surface area contributed by atoms with Gasteiger partial charge in [0.25, 0.3) is 5.91 Å². The van der Waals surface area contributed by atoms with Crippen LogP contribution < -0.4 is 4.74 Å². The molecule has 5 nitrogen and oxygen atoms in total. The molecule has 1 fully saturated rings. The third-order valence-electron chi connectivity index (χ3n) is 3.72. The maximum absolute atomic E-state index is 12.3. The van der Waals surface area contributed by atoms with Crippen LogP contribution in [0, 0.1) is 5.92 Å². The standard InChI is InChI=1S/C16H18Cl3NO4/c1-2-23-16(22)10-4-3-5-20(8-10)15(21)9-24-14-7-12(18)11(17)6-13(14)19/h6-7,10H,2-5,8-9H2,1H3. The molecule has 0 aromatic heterocycles. The monoisotopic (exact) mass is 393 g/mol. The summed E-state index contributed by atoms with van der Waals surface area (Å²) >= 11 is 17.8. The maximum atomic E-state index is 12.3. The molecule has 2 rings (SSSR count). The first-order valence-corrected chi connectivity index (χ1v) is 8.77. The van der Waals surface area contributed by atoms with Crippen LogP contribution in [-0.2, 0) is 14.3 Å². The van der Waals surface area contributed by atoms with Gasteiger partial charge < -0.3 is 14.4 Å². The van der Waals surface area contributed by atoms with Crippen LogP contribution in [0.5, 0.6) is 5.75 Å². The number of rotatable bonds is 5. The molecular weight excluding hydrogens is 377 g/mol. The normalized spacial score (nSPS) is 17.5. The van der Waals surface area contributed by atoms with E-state index in [4.69, 9.17) is 44.3 Å². The average molecular weight is 395 g/mol. The van der Waals surface area contributed by atoms with Gasteiger partial charge >= 0.3 is 5.97 Å². The van der Waals surface area contributed by atoms with Gasteiger partial charge in [0.05, 0.1) is 27.6 Å². The molecule has 0 aliphatic carbocycles. The zero-order chi connectivity index (χ0) is 17.7. The maximum Gasteiger partial charge on any atom is 0.310 e. The molecule has 1 aliphatic heterocycles. The van der Waals surface area contributed by atoms with Crippen molar-refractivity contribution < 1.29 is 19.1 Å². The van der Waals surface area contributed by atoms with E-state index in [1.807, 2.05) is 0 Å². The highest BCUT2D eigenvalue weighted by atomic mass is 35.5. The number of carbonyl (C=O) groups is 2. The number of benzene rings is 1. The van der Waals surface area contributed by atoms with Crippen molar-refractivity contribution in [3.63, 3.8) is 0 Å². The van der Waals surface area contributed by atoms with Crippen molar-refractivity contribution in [2.24, 2.45) is 5.92 Å². The number of halogens is 3. The molecule has 0 bridgehead atoms. The summed E-state index contributed by atoms with van der Waals surface area (Å²) in [4.78, 5) is 25.7. The Balaban J connectivity index is 1.92.